The van der Waals surface area contributed by atoms with Gasteiger partial charge in [0, 0.05) is 12.2 Å². The van der Waals surface area contributed by atoms with Crippen LogP contribution in [0, 0.1) is 11.8 Å². The second-order valence-corrected chi connectivity index (χ2v) is 6.69. The molecule has 0 heterocycles. The monoisotopic (exact) mass is 306 g/mol. The van der Waals surface area contributed by atoms with Crippen molar-refractivity contribution in [2.75, 3.05) is 5.75 Å². The maximum absolute atomic E-state index is 11.3. The third-order valence-corrected chi connectivity index (χ3v) is 2.57. The standard InChI is InChI=1S/C12H24O3S.C4H10/c1-4-11(15-12(14)5-6-16)8-10(13)7-9(2)3;1-4(2)3/h9-11,13,16H,4-8H2,1-3H3;4H,1-3H3. The van der Waals surface area contributed by atoms with Crippen LogP contribution in [0.2, 0.25) is 0 Å². The maximum Gasteiger partial charge on any atom is 0.306 e. The number of hydrogen-bond acceptors (Lipinski definition) is 4. The Morgan fingerprint density at radius 1 is 1.15 bits per heavy atom. The van der Waals surface area contributed by atoms with E-state index in [1.165, 1.54) is 0 Å². The summed E-state index contributed by atoms with van der Waals surface area (Å²) in [7, 11) is 0. The van der Waals surface area contributed by atoms with E-state index in [9.17, 15) is 9.90 Å². The summed E-state index contributed by atoms with van der Waals surface area (Å²) >= 11 is 3.98. The van der Waals surface area contributed by atoms with E-state index in [1.807, 2.05) is 6.92 Å². The molecule has 0 aliphatic carbocycles. The van der Waals surface area contributed by atoms with Crippen molar-refractivity contribution < 1.29 is 14.6 Å². The van der Waals surface area contributed by atoms with Gasteiger partial charge in [-0.1, -0.05) is 41.5 Å². The van der Waals surface area contributed by atoms with Gasteiger partial charge in [-0.05, 0) is 24.7 Å². The van der Waals surface area contributed by atoms with Crippen LogP contribution in [-0.4, -0.2) is 29.0 Å². The predicted molar refractivity (Wildman–Crippen MR) is 89.2 cm³/mol. The van der Waals surface area contributed by atoms with E-state index in [0.29, 0.717) is 24.5 Å². The molecule has 2 atom stereocenters. The van der Waals surface area contributed by atoms with E-state index < -0.39 is 0 Å². The van der Waals surface area contributed by atoms with Gasteiger partial charge in [0.15, 0.2) is 0 Å². The zero-order valence-corrected chi connectivity index (χ0v) is 15.0. The number of carbonyl (C=O) groups is 1. The molecular weight excluding hydrogens is 272 g/mol. The normalized spacial score (nSPS) is 13.7. The fourth-order valence-corrected chi connectivity index (χ4v) is 1.76. The molecule has 4 heteroatoms. The van der Waals surface area contributed by atoms with Crippen molar-refractivity contribution in [3.8, 4) is 0 Å². The highest BCUT2D eigenvalue weighted by molar-refractivity contribution is 7.80. The molecule has 0 aromatic carbocycles. The van der Waals surface area contributed by atoms with Gasteiger partial charge in [-0.15, -0.1) is 0 Å². The Hall–Kier alpha value is -0.220. The fraction of sp³-hybridized carbons (Fsp3) is 0.938. The quantitative estimate of drug-likeness (QED) is 0.524. The van der Waals surface area contributed by atoms with Gasteiger partial charge >= 0.3 is 5.97 Å². The molecule has 20 heavy (non-hydrogen) atoms. The highest BCUT2D eigenvalue weighted by Gasteiger charge is 2.17. The number of aliphatic hydroxyl groups excluding tert-OH is 1. The van der Waals surface area contributed by atoms with Crippen LogP contribution >= 0.6 is 12.6 Å². The third-order valence-electron chi connectivity index (χ3n) is 2.35. The van der Waals surface area contributed by atoms with Crippen molar-refractivity contribution in [2.45, 2.75) is 79.4 Å². The van der Waals surface area contributed by atoms with Crippen molar-refractivity contribution in [3.05, 3.63) is 0 Å². The predicted octanol–water partition coefficient (Wildman–Crippen LogP) is 4.09. The highest BCUT2D eigenvalue weighted by Crippen LogP contribution is 2.14. The van der Waals surface area contributed by atoms with Gasteiger partial charge in [0.25, 0.3) is 0 Å². The topological polar surface area (TPSA) is 46.5 Å². The Labute approximate surface area is 130 Å². The molecule has 0 rings (SSSR count). The van der Waals surface area contributed by atoms with Gasteiger partial charge in [0.1, 0.15) is 6.10 Å². The minimum absolute atomic E-state index is 0.166. The molecule has 0 aromatic rings. The average molecular weight is 307 g/mol. The summed E-state index contributed by atoms with van der Waals surface area (Å²) in [6.07, 6.45) is 1.82. The van der Waals surface area contributed by atoms with Gasteiger partial charge < -0.3 is 9.84 Å². The van der Waals surface area contributed by atoms with Crippen LogP contribution < -0.4 is 0 Å². The summed E-state index contributed by atoms with van der Waals surface area (Å²) < 4.78 is 5.24. The number of esters is 1. The Bertz CT molecular complexity index is 227. The molecular formula is C16H34O3S. The number of rotatable bonds is 8. The maximum atomic E-state index is 11.3. The second-order valence-electron chi connectivity index (χ2n) is 6.24. The molecule has 3 nitrogen and oxygen atoms in total. The SMILES string of the molecule is CC(C)C.CCC(CC(O)CC(C)C)OC(=O)CCS. The summed E-state index contributed by atoms with van der Waals surface area (Å²) in [5.41, 5.74) is 0. The number of carbonyl (C=O) groups excluding carboxylic acids is 1. The molecule has 0 radical (unpaired) electrons. The lowest BCUT2D eigenvalue weighted by molar-refractivity contribution is -0.150. The zero-order valence-electron chi connectivity index (χ0n) is 14.1. The molecule has 0 fully saturated rings. The minimum atomic E-state index is -0.381. The Balaban J connectivity index is 0. The molecule has 1 N–H and O–H groups in total. The van der Waals surface area contributed by atoms with Crippen LogP contribution in [0.25, 0.3) is 0 Å². The first-order valence-electron chi connectivity index (χ1n) is 7.71. The molecule has 0 saturated carbocycles. The van der Waals surface area contributed by atoms with Crippen molar-refractivity contribution in [1.82, 2.24) is 0 Å². The third kappa shape index (κ3) is 17.8. The lowest BCUT2D eigenvalue weighted by Gasteiger charge is -2.20. The van der Waals surface area contributed by atoms with E-state index in [4.69, 9.17) is 4.74 Å². The molecule has 2 unspecified atom stereocenters. The van der Waals surface area contributed by atoms with Crippen molar-refractivity contribution in [3.63, 3.8) is 0 Å². The second kappa shape index (κ2) is 13.7. The van der Waals surface area contributed by atoms with Crippen LogP contribution in [0.1, 0.15) is 67.2 Å². The van der Waals surface area contributed by atoms with Crippen LogP contribution in [0.4, 0.5) is 0 Å². The molecule has 0 saturated heterocycles. The van der Waals surface area contributed by atoms with Gasteiger partial charge in [-0.3, -0.25) is 4.79 Å². The first-order valence-corrected chi connectivity index (χ1v) is 8.34. The van der Waals surface area contributed by atoms with Gasteiger partial charge in [-0.2, -0.15) is 12.6 Å². The van der Waals surface area contributed by atoms with Crippen molar-refractivity contribution in [2.24, 2.45) is 11.8 Å². The van der Waals surface area contributed by atoms with Crippen molar-refractivity contribution >= 4 is 18.6 Å². The molecule has 0 aliphatic rings. The average Bonchev–Trinajstić information content (AvgIpc) is 2.26. The number of hydrogen-bond donors (Lipinski definition) is 2. The molecule has 0 aliphatic heterocycles. The fourth-order valence-electron chi connectivity index (χ4n) is 1.58. The number of aliphatic hydroxyl groups is 1. The molecule has 0 aromatic heterocycles. The Morgan fingerprint density at radius 2 is 1.65 bits per heavy atom. The summed E-state index contributed by atoms with van der Waals surface area (Å²) in [5.74, 6) is 1.57. The number of ether oxygens (including phenoxy) is 1. The Kier molecular flexibility index (Phi) is 15.2. The van der Waals surface area contributed by atoms with Crippen molar-refractivity contribution in [1.29, 1.82) is 0 Å². The van der Waals surface area contributed by atoms with E-state index in [-0.39, 0.29) is 18.2 Å². The van der Waals surface area contributed by atoms with Crippen LogP contribution in [0.5, 0.6) is 0 Å². The lowest BCUT2D eigenvalue weighted by atomic mass is 10.0. The first-order chi connectivity index (χ1) is 9.22. The molecule has 0 bridgehead atoms. The molecule has 0 amide bonds. The first kappa shape index (κ1) is 22.1. The number of thiol groups is 1. The van der Waals surface area contributed by atoms with E-state index in [1.54, 1.807) is 0 Å². The Morgan fingerprint density at radius 3 is 2.00 bits per heavy atom. The summed E-state index contributed by atoms with van der Waals surface area (Å²) in [5, 5.41) is 9.76. The van der Waals surface area contributed by atoms with Gasteiger partial charge in [0.2, 0.25) is 0 Å². The van der Waals surface area contributed by atoms with Crippen LogP contribution in [0.15, 0.2) is 0 Å². The van der Waals surface area contributed by atoms with E-state index >= 15 is 0 Å². The van der Waals surface area contributed by atoms with Gasteiger partial charge in [0.05, 0.1) is 12.5 Å². The largest absolute Gasteiger partial charge is 0.462 e. The van der Waals surface area contributed by atoms with Crippen LogP contribution in [-0.2, 0) is 9.53 Å². The summed E-state index contributed by atoms with van der Waals surface area (Å²) in [6, 6.07) is 0. The lowest BCUT2D eigenvalue weighted by Crippen LogP contribution is -2.24. The van der Waals surface area contributed by atoms with Crippen LogP contribution in [0.3, 0.4) is 0 Å². The molecule has 122 valence electrons. The van der Waals surface area contributed by atoms with Gasteiger partial charge in [-0.25, -0.2) is 0 Å². The van der Waals surface area contributed by atoms with E-state index in [2.05, 4.69) is 47.2 Å². The summed E-state index contributed by atoms with van der Waals surface area (Å²) in [4.78, 5) is 11.3. The minimum Gasteiger partial charge on any atom is -0.462 e. The zero-order chi connectivity index (χ0) is 16.1. The van der Waals surface area contributed by atoms with E-state index in [0.717, 1.165) is 18.8 Å². The highest BCUT2D eigenvalue weighted by atomic mass is 32.1. The summed E-state index contributed by atoms with van der Waals surface area (Å²) in [6.45, 7) is 12.6. The smallest absolute Gasteiger partial charge is 0.306 e. The molecule has 0 spiro atoms.